The second-order valence-electron chi connectivity index (χ2n) is 8.40. The summed E-state index contributed by atoms with van der Waals surface area (Å²) >= 11 is 2.04. The van der Waals surface area contributed by atoms with Crippen LogP contribution in [0.2, 0.25) is 0 Å². The van der Waals surface area contributed by atoms with E-state index in [0.29, 0.717) is 0 Å². The number of carbonyl (C=O) groups excluding carboxylic acids is 1. The monoisotopic (exact) mass is 575 g/mol. The Hall–Kier alpha value is -1.04. The van der Waals surface area contributed by atoms with Gasteiger partial charge in [-0.15, -0.1) is 24.0 Å². The first kappa shape index (κ1) is 27.2. The smallest absolute Gasteiger partial charge is 0.253 e. The summed E-state index contributed by atoms with van der Waals surface area (Å²) < 4.78 is 5.57. The molecule has 1 atom stereocenters. The van der Waals surface area contributed by atoms with Crippen molar-refractivity contribution in [3.8, 4) is 0 Å². The van der Waals surface area contributed by atoms with Gasteiger partial charge < -0.3 is 20.3 Å². The molecule has 32 heavy (non-hydrogen) atoms. The van der Waals surface area contributed by atoms with Gasteiger partial charge in [0, 0.05) is 51.6 Å². The lowest BCUT2D eigenvalue weighted by atomic mass is 9.96. The molecule has 1 unspecified atom stereocenters. The van der Waals surface area contributed by atoms with Gasteiger partial charge in [-0.1, -0.05) is 12.1 Å². The molecule has 2 heterocycles. The highest BCUT2D eigenvalue weighted by molar-refractivity contribution is 14.0. The highest BCUT2D eigenvalue weighted by Gasteiger charge is 2.40. The summed E-state index contributed by atoms with van der Waals surface area (Å²) in [6.07, 6.45) is 2.02. The third-order valence-corrected chi connectivity index (χ3v) is 7.16. The number of guanidine groups is 1. The second kappa shape index (κ2) is 13.6. The molecule has 1 aromatic carbocycles. The van der Waals surface area contributed by atoms with Crippen LogP contribution in [0.1, 0.15) is 29.3 Å². The lowest BCUT2D eigenvalue weighted by molar-refractivity contribution is -0.0104. The molecule has 180 valence electrons. The number of rotatable bonds is 8. The minimum absolute atomic E-state index is 0. The van der Waals surface area contributed by atoms with Crippen molar-refractivity contribution < 1.29 is 9.53 Å². The maximum Gasteiger partial charge on any atom is 0.253 e. The number of nitrogens with zero attached hydrogens (tertiary/aromatic N) is 3. The lowest BCUT2D eigenvalue weighted by Crippen LogP contribution is -2.56. The molecule has 0 radical (unpaired) electrons. The predicted octanol–water partition coefficient (Wildman–Crippen LogP) is 2.31. The van der Waals surface area contributed by atoms with Crippen molar-refractivity contribution in [1.82, 2.24) is 20.4 Å². The molecule has 2 aliphatic rings. The molecule has 7 nitrogen and oxygen atoms in total. The molecule has 1 aromatic rings. The Labute approximate surface area is 214 Å². The predicted molar refractivity (Wildman–Crippen MR) is 145 cm³/mol. The zero-order valence-corrected chi connectivity index (χ0v) is 22.7. The quantitative estimate of drug-likeness (QED) is 0.282. The van der Waals surface area contributed by atoms with Gasteiger partial charge in [-0.25, -0.2) is 0 Å². The normalized spacial score (nSPS) is 21.7. The average molecular weight is 576 g/mol. The van der Waals surface area contributed by atoms with Crippen LogP contribution in [0.5, 0.6) is 0 Å². The molecular formula is C23H38IN5O2S. The van der Waals surface area contributed by atoms with Crippen LogP contribution in [0.15, 0.2) is 29.3 Å². The molecule has 3 rings (SSSR count). The number of ether oxygens (including phenoxy) is 1. The van der Waals surface area contributed by atoms with Gasteiger partial charge in [0.05, 0.1) is 25.3 Å². The highest BCUT2D eigenvalue weighted by Crippen LogP contribution is 2.34. The minimum atomic E-state index is 0. The van der Waals surface area contributed by atoms with Gasteiger partial charge in [0.15, 0.2) is 5.96 Å². The number of benzene rings is 1. The van der Waals surface area contributed by atoms with E-state index in [-0.39, 0.29) is 35.4 Å². The number of hydrogen-bond acceptors (Lipinski definition) is 5. The summed E-state index contributed by atoms with van der Waals surface area (Å²) in [4.78, 5) is 21.4. The van der Waals surface area contributed by atoms with Gasteiger partial charge in [-0.2, -0.15) is 11.8 Å². The fraction of sp³-hybridized carbons (Fsp3) is 0.652. The van der Waals surface area contributed by atoms with Crippen molar-refractivity contribution in [3.05, 3.63) is 35.4 Å². The van der Waals surface area contributed by atoms with E-state index in [1.807, 2.05) is 30.0 Å². The van der Waals surface area contributed by atoms with Crippen LogP contribution < -0.4 is 10.6 Å². The van der Waals surface area contributed by atoms with Gasteiger partial charge in [-0.05, 0) is 43.2 Å². The maximum absolute atomic E-state index is 12.2. The molecule has 0 spiro atoms. The molecule has 0 bridgehead atoms. The summed E-state index contributed by atoms with van der Waals surface area (Å²) in [5.41, 5.74) is 2.03. The van der Waals surface area contributed by atoms with Gasteiger partial charge in [-0.3, -0.25) is 14.7 Å². The number of halogens is 1. The van der Waals surface area contributed by atoms with Gasteiger partial charge >= 0.3 is 0 Å². The summed E-state index contributed by atoms with van der Waals surface area (Å²) in [5.74, 6) is 3.25. The number of morpholine rings is 1. The number of carbonyl (C=O) groups is 1. The van der Waals surface area contributed by atoms with Crippen LogP contribution >= 0.6 is 35.7 Å². The van der Waals surface area contributed by atoms with E-state index in [1.165, 1.54) is 12.2 Å². The molecule has 1 amide bonds. The summed E-state index contributed by atoms with van der Waals surface area (Å²) in [6.45, 7) is 8.15. The lowest BCUT2D eigenvalue weighted by Gasteiger charge is -2.42. The number of thioether (sulfide) groups is 1. The van der Waals surface area contributed by atoms with Crippen LogP contribution in [-0.4, -0.2) is 98.7 Å². The van der Waals surface area contributed by atoms with Crippen LogP contribution in [0.4, 0.5) is 0 Å². The van der Waals surface area contributed by atoms with Crippen molar-refractivity contribution in [2.45, 2.75) is 25.3 Å². The number of nitrogens with one attached hydrogen (secondary N) is 2. The number of amides is 1. The Morgan fingerprint density at radius 3 is 2.72 bits per heavy atom. The van der Waals surface area contributed by atoms with Crippen molar-refractivity contribution in [3.63, 3.8) is 0 Å². The van der Waals surface area contributed by atoms with Crippen molar-refractivity contribution in [1.29, 1.82) is 0 Å². The number of hydrogen-bond donors (Lipinski definition) is 2. The molecule has 2 fully saturated rings. The van der Waals surface area contributed by atoms with Crippen LogP contribution in [0.3, 0.4) is 0 Å². The SMILES string of the molecule is CCNC(=NCC1(N2CCOCC2)CCSC1)NCCc1cccc(C(=O)N(C)C)c1.I. The Bertz CT molecular complexity index is 750. The Kier molecular flexibility index (Phi) is 11.6. The van der Waals surface area contributed by atoms with E-state index in [0.717, 1.165) is 75.2 Å². The molecule has 2 saturated heterocycles. The molecule has 9 heteroatoms. The van der Waals surface area contributed by atoms with Crippen molar-refractivity contribution in [2.24, 2.45) is 4.99 Å². The second-order valence-corrected chi connectivity index (χ2v) is 9.50. The van der Waals surface area contributed by atoms with Gasteiger partial charge in [0.25, 0.3) is 5.91 Å². The third kappa shape index (κ3) is 7.50. The van der Waals surface area contributed by atoms with Crippen LogP contribution in [0, 0.1) is 0 Å². The molecule has 2 N–H and O–H groups in total. The summed E-state index contributed by atoms with van der Waals surface area (Å²) in [6, 6.07) is 7.88. The summed E-state index contributed by atoms with van der Waals surface area (Å²) in [7, 11) is 3.56. The topological polar surface area (TPSA) is 69.2 Å². The van der Waals surface area contributed by atoms with E-state index in [4.69, 9.17) is 9.73 Å². The number of aliphatic imine (C=N–C) groups is 1. The van der Waals surface area contributed by atoms with E-state index < -0.39 is 0 Å². The molecule has 0 aromatic heterocycles. The zero-order chi connectivity index (χ0) is 22.1. The third-order valence-electron chi connectivity index (χ3n) is 5.93. The van der Waals surface area contributed by atoms with E-state index in [2.05, 4.69) is 28.5 Å². The first-order valence-electron chi connectivity index (χ1n) is 11.3. The largest absolute Gasteiger partial charge is 0.379 e. The zero-order valence-electron chi connectivity index (χ0n) is 19.6. The van der Waals surface area contributed by atoms with E-state index in [9.17, 15) is 4.79 Å². The minimum Gasteiger partial charge on any atom is -0.379 e. The standard InChI is InChI=1S/C23H37N5O2S.HI/c1-4-24-22(25-10-8-19-6-5-7-20(16-19)21(29)27(2)3)26-17-23(9-15-31-18-23)28-11-13-30-14-12-28;/h5-7,16H,4,8-15,17-18H2,1-3H3,(H2,24,25,26);1H. The van der Waals surface area contributed by atoms with Gasteiger partial charge in [0.2, 0.25) is 0 Å². The first-order chi connectivity index (χ1) is 15.0. The molecule has 0 aliphatic carbocycles. The van der Waals surface area contributed by atoms with Gasteiger partial charge in [0.1, 0.15) is 0 Å². The van der Waals surface area contributed by atoms with Crippen molar-refractivity contribution in [2.75, 3.05) is 71.5 Å². The van der Waals surface area contributed by atoms with Crippen LogP contribution in [-0.2, 0) is 11.2 Å². The average Bonchev–Trinajstić information content (AvgIpc) is 3.28. The van der Waals surface area contributed by atoms with E-state index >= 15 is 0 Å². The fourth-order valence-electron chi connectivity index (χ4n) is 4.12. The highest BCUT2D eigenvalue weighted by atomic mass is 127. The molecular weight excluding hydrogens is 537 g/mol. The first-order valence-corrected chi connectivity index (χ1v) is 12.4. The van der Waals surface area contributed by atoms with Crippen LogP contribution in [0.25, 0.3) is 0 Å². The molecule has 0 saturated carbocycles. The molecule has 2 aliphatic heterocycles. The Morgan fingerprint density at radius 2 is 2.06 bits per heavy atom. The Balaban J connectivity index is 0.00000363. The maximum atomic E-state index is 12.2. The van der Waals surface area contributed by atoms with Crippen molar-refractivity contribution >= 4 is 47.6 Å². The summed E-state index contributed by atoms with van der Waals surface area (Å²) in [5, 5.41) is 6.86. The van der Waals surface area contributed by atoms with E-state index in [1.54, 1.807) is 19.0 Å². The fourth-order valence-corrected chi connectivity index (χ4v) is 5.59. The Morgan fingerprint density at radius 1 is 1.28 bits per heavy atom.